The molecule has 0 unspecified atom stereocenters. The topological polar surface area (TPSA) is 68.2 Å². The first-order chi connectivity index (χ1) is 14.8. The molecule has 1 N–H and O–H groups in total. The molecule has 6 heteroatoms. The van der Waals surface area contributed by atoms with Crippen molar-refractivity contribution in [3.05, 3.63) is 52.1 Å². The predicted molar refractivity (Wildman–Crippen MR) is 120 cm³/mol. The largest absolute Gasteiger partial charge is 0.508 e. The summed E-state index contributed by atoms with van der Waals surface area (Å²) in [5.74, 6) is 1.71. The van der Waals surface area contributed by atoms with Crippen LogP contribution in [0.5, 0.6) is 17.2 Å². The fourth-order valence-corrected chi connectivity index (χ4v) is 4.47. The van der Waals surface area contributed by atoms with E-state index in [1.807, 2.05) is 25.1 Å². The molecule has 0 saturated carbocycles. The molecule has 0 saturated heterocycles. The van der Waals surface area contributed by atoms with E-state index in [9.17, 15) is 9.90 Å². The number of hydrogen-bond acceptors (Lipinski definition) is 6. The molecule has 2 aromatic rings. The van der Waals surface area contributed by atoms with Crippen LogP contribution in [0.25, 0.3) is 0 Å². The lowest BCUT2D eigenvalue weighted by molar-refractivity contribution is -0.142. The van der Waals surface area contributed by atoms with Gasteiger partial charge in [0.2, 0.25) is 0 Å². The summed E-state index contributed by atoms with van der Waals surface area (Å²) in [6.07, 6.45) is 1.04. The highest BCUT2D eigenvalue weighted by Gasteiger charge is 2.31. The maximum absolute atomic E-state index is 12.3. The number of hydrogen-bond donors (Lipinski definition) is 1. The molecular formula is C25H33NO5. The molecule has 0 fully saturated rings. The third-order valence-corrected chi connectivity index (χ3v) is 6.16. The summed E-state index contributed by atoms with van der Waals surface area (Å²) < 4.78 is 16.0. The molecule has 0 spiro atoms. The van der Waals surface area contributed by atoms with Crippen LogP contribution in [0.4, 0.5) is 0 Å². The van der Waals surface area contributed by atoms with E-state index >= 15 is 0 Å². The predicted octanol–water partition coefficient (Wildman–Crippen LogP) is 4.50. The normalized spacial score (nSPS) is 16.2. The zero-order valence-electron chi connectivity index (χ0n) is 19.3. The first-order valence-corrected chi connectivity index (χ1v) is 10.7. The summed E-state index contributed by atoms with van der Waals surface area (Å²) in [7, 11) is 4.64. The van der Waals surface area contributed by atoms with E-state index < -0.39 is 0 Å². The number of nitrogens with zero attached hydrogens (tertiary/aromatic N) is 1. The Morgan fingerprint density at radius 3 is 2.42 bits per heavy atom. The second-order valence-corrected chi connectivity index (χ2v) is 8.41. The van der Waals surface area contributed by atoms with E-state index in [0.717, 1.165) is 35.2 Å². The Labute approximate surface area is 184 Å². The van der Waals surface area contributed by atoms with E-state index in [2.05, 4.69) is 24.8 Å². The summed E-state index contributed by atoms with van der Waals surface area (Å²) in [5, 5.41) is 10.6. The first-order valence-electron chi connectivity index (χ1n) is 10.7. The second kappa shape index (κ2) is 9.60. The summed E-state index contributed by atoms with van der Waals surface area (Å²) in [4.78, 5) is 14.5. The van der Waals surface area contributed by atoms with Crippen LogP contribution in [0.3, 0.4) is 0 Å². The summed E-state index contributed by atoms with van der Waals surface area (Å²) >= 11 is 0. The fourth-order valence-electron chi connectivity index (χ4n) is 4.47. The van der Waals surface area contributed by atoms with E-state index in [1.54, 1.807) is 14.2 Å². The van der Waals surface area contributed by atoms with Crippen molar-refractivity contribution in [1.29, 1.82) is 0 Å². The van der Waals surface area contributed by atoms with Gasteiger partial charge >= 0.3 is 5.97 Å². The van der Waals surface area contributed by atoms with Crippen LogP contribution in [0.15, 0.2) is 24.3 Å². The van der Waals surface area contributed by atoms with E-state index in [1.165, 1.54) is 12.7 Å². The molecule has 31 heavy (non-hydrogen) atoms. The van der Waals surface area contributed by atoms with Crippen LogP contribution < -0.4 is 9.47 Å². The molecule has 6 nitrogen and oxygen atoms in total. The Balaban J connectivity index is 2.01. The fraction of sp³-hybridized carbons (Fsp3) is 0.480. The maximum Gasteiger partial charge on any atom is 0.307 e. The van der Waals surface area contributed by atoms with Gasteiger partial charge in [-0.2, -0.15) is 0 Å². The van der Waals surface area contributed by atoms with Crippen molar-refractivity contribution in [3.8, 4) is 17.2 Å². The average molecular weight is 428 g/mol. The van der Waals surface area contributed by atoms with Crippen molar-refractivity contribution in [1.82, 2.24) is 4.90 Å². The number of phenolic OH excluding ortho intramolecular Hbond substituents is 1. The molecular weight excluding hydrogens is 394 g/mol. The van der Waals surface area contributed by atoms with Gasteiger partial charge in [-0.25, -0.2) is 0 Å². The minimum Gasteiger partial charge on any atom is -0.508 e. The second-order valence-electron chi connectivity index (χ2n) is 8.41. The first kappa shape index (κ1) is 22.9. The maximum atomic E-state index is 12.3. The minimum atomic E-state index is -0.270. The Bertz CT molecular complexity index is 953. The highest BCUT2D eigenvalue weighted by atomic mass is 16.5. The van der Waals surface area contributed by atoms with Gasteiger partial charge in [0.25, 0.3) is 0 Å². The number of fused-ring (bicyclic) bond motifs is 1. The van der Waals surface area contributed by atoms with Gasteiger partial charge in [-0.05, 0) is 59.7 Å². The number of carbonyl (C=O) groups is 1. The lowest BCUT2D eigenvalue weighted by atomic mass is 9.89. The van der Waals surface area contributed by atoms with Gasteiger partial charge in [0.1, 0.15) is 5.75 Å². The molecule has 0 radical (unpaired) electrons. The van der Waals surface area contributed by atoms with Crippen LogP contribution in [-0.4, -0.2) is 43.8 Å². The van der Waals surface area contributed by atoms with Crippen molar-refractivity contribution in [3.63, 3.8) is 0 Å². The zero-order valence-corrected chi connectivity index (χ0v) is 19.3. The lowest BCUT2D eigenvalue weighted by Gasteiger charge is -2.37. The van der Waals surface area contributed by atoms with Gasteiger partial charge < -0.3 is 19.3 Å². The number of carbonyl (C=O) groups excluding carboxylic acids is 1. The number of methoxy groups -OCH3 is 3. The van der Waals surface area contributed by atoms with Gasteiger partial charge in [-0.15, -0.1) is 0 Å². The monoisotopic (exact) mass is 427 g/mol. The highest BCUT2D eigenvalue weighted by Crippen LogP contribution is 2.41. The van der Waals surface area contributed by atoms with Crippen molar-refractivity contribution >= 4 is 5.97 Å². The molecule has 3 rings (SSSR count). The Morgan fingerprint density at radius 1 is 1.13 bits per heavy atom. The molecule has 0 aromatic heterocycles. The van der Waals surface area contributed by atoms with Gasteiger partial charge in [0, 0.05) is 24.7 Å². The van der Waals surface area contributed by atoms with Crippen LogP contribution >= 0.6 is 0 Å². The molecule has 1 aliphatic rings. The number of benzene rings is 2. The Hall–Kier alpha value is -2.73. The lowest BCUT2D eigenvalue weighted by Crippen LogP contribution is -2.36. The van der Waals surface area contributed by atoms with Crippen molar-refractivity contribution < 1.29 is 24.1 Å². The van der Waals surface area contributed by atoms with Crippen molar-refractivity contribution in [2.75, 3.05) is 27.9 Å². The number of ether oxygens (including phenoxy) is 3. The summed E-state index contributed by atoms with van der Waals surface area (Å²) in [6.45, 7) is 7.63. The van der Waals surface area contributed by atoms with Crippen LogP contribution in [-0.2, 0) is 22.5 Å². The SMILES string of the molecule is COC(=O)C[C@@H]1c2cc(OC)c(OC)cc2CCN1Cc1cc(C(C)C)c(C)cc1O. The standard InChI is InChI=1S/C25H33NO5/c1-15(2)19-10-18(22(27)9-16(19)3)14-26-8-7-17-11-23(29-4)24(30-5)12-20(17)21(26)13-25(28)31-6/h9-12,15,21,27H,7-8,13-14H2,1-6H3/t21-/m1/s1. The third kappa shape index (κ3) is 4.79. The average Bonchev–Trinajstić information content (AvgIpc) is 2.75. The van der Waals surface area contributed by atoms with E-state index in [4.69, 9.17) is 14.2 Å². The Kier molecular flexibility index (Phi) is 7.11. The van der Waals surface area contributed by atoms with E-state index in [-0.39, 0.29) is 24.2 Å². The third-order valence-electron chi connectivity index (χ3n) is 6.16. The van der Waals surface area contributed by atoms with Crippen molar-refractivity contribution in [2.24, 2.45) is 0 Å². The molecule has 1 aliphatic heterocycles. The van der Waals surface area contributed by atoms with Gasteiger partial charge in [-0.3, -0.25) is 9.69 Å². The molecule has 0 bridgehead atoms. The number of aromatic hydroxyl groups is 1. The van der Waals surface area contributed by atoms with E-state index in [0.29, 0.717) is 24.0 Å². The number of esters is 1. The summed E-state index contributed by atoms with van der Waals surface area (Å²) in [5.41, 5.74) is 5.35. The molecule has 168 valence electrons. The van der Waals surface area contributed by atoms with Gasteiger partial charge in [0.05, 0.1) is 27.8 Å². The zero-order chi connectivity index (χ0) is 22.7. The van der Waals surface area contributed by atoms with Gasteiger partial charge in [0.15, 0.2) is 11.5 Å². The quantitative estimate of drug-likeness (QED) is 0.656. The minimum absolute atomic E-state index is 0.181. The highest BCUT2D eigenvalue weighted by molar-refractivity contribution is 5.70. The van der Waals surface area contributed by atoms with Crippen LogP contribution in [0, 0.1) is 6.92 Å². The number of rotatable bonds is 7. The summed E-state index contributed by atoms with van der Waals surface area (Å²) in [6, 6.07) is 7.71. The number of phenols is 1. The van der Waals surface area contributed by atoms with Crippen LogP contribution in [0.2, 0.25) is 0 Å². The molecule has 0 aliphatic carbocycles. The molecule has 2 aromatic carbocycles. The Morgan fingerprint density at radius 2 is 1.81 bits per heavy atom. The molecule has 1 atom stereocenters. The van der Waals surface area contributed by atoms with Crippen LogP contribution in [0.1, 0.15) is 60.0 Å². The van der Waals surface area contributed by atoms with Gasteiger partial charge in [-0.1, -0.05) is 19.9 Å². The smallest absolute Gasteiger partial charge is 0.307 e. The molecule has 1 heterocycles. The number of aryl methyl sites for hydroxylation is 1. The van der Waals surface area contributed by atoms with Crippen molar-refractivity contribution in [2.45, 2.75) is 52.1 Å². The molecule has 0 amide bonds.